The number of hydrogen-bond acceptors (Lipinski definition) is 6. The maximum Gasteiger partial charge on any atom is 0.164 e. The van der Waals surface area contributed by atoms with Gasteiger partial charge in [-0.3, -0.25) is 0 Å². The van der Waals surface area contributed by atoms with Crippen LogP contribution in [0.3, 0.4) is 0 Å². The largest absolute Gasteiger partial charge is 0.456 e. The zero-order valence-electron chi connectivity index (χ0n) is 32.9. The van der Waals surface area contributed by atoms with E-state index in [1.54, 1.807) is 11.3 Å². The van der Waals surface area contributed by atoms with Gasteiger partial charge in [0.2, 0.25) is 0 Å². The molecule has 0 fully saturated rings. The highest BCUT2D eigenvalue weighted by molar-refractivity contribution is 7.25. The van der Waals surface area contributed by atoms with E-state index in [0.717, 1.165) is 55.7 Å². The minimum atomic E-state index is -0.144. The number of furan rings is 1. The lowest BCUT2D eigenvalue weighted by molar-refractivity contribution is 0.660. The molecule has 0 atom stereocenters. The van der Waals surface area contributed by atoms with Crippen LogP contribution in [-0.4, -0.2) is 15.0 Å². The molecule has 12 rings (SSSR count). The molecule has 3 aromatic heterocycles. The fourth-order valence-corrected chi connectivity index (χ4v) is 10.3. The van der Waals surface area contributed by atoms with Crippen molar-refractivity contribution in [1.82, 2.24) is 15.0 Å². The molecule has 0 aliphatic heterocycles. The van der Waals surface area contributed by atoms with E-state index in [4.69, 9.17) is 19.4 Å². The molecule has 0 N–H and O–H groups in total. The highest BCUT2D eigenvalue weighted by atomic mass is 32.1. The number of hydrogen-bond donors (Lipinski definition) is 0. The Hall–Kier alpha value is -7.41. The molecule has 6 heteroatoms. The summed E-state index contributed by atoms with van der Waals surface area (Å²) in [5, 5.41) is 4.72. The summed E-state index contributed by atoms with van der Waals surface area (Å²) >= 11 is 1.80. The molecule has 8 aromatic carbocycles. The minimum Gasteiger partial charge on any atom is -0.456 e. The van der Waals surface area contributed by atoms with Gasteiger partial charge >= 0.3 is 0 Å². The van der Waals surface area contributed by atoms with E-state index in [-0.39, 0.29) is 5.41 Å². The van der Waals surface area contributed by atoms with Crippen molar-refractivity contribution >= 4 is 70.5 Å². The first kappa shape index (κ1) is 34.6. The van der Waals surface area contributed by atoms with Gasteiger partial charge < -0.3 is 9.32 Å². The maximum absolute atomic E-state index is 6.46. The Morgan fingerprint density at radius 2 is 1.05 bits per heavy atom. The van der Waals surface area contributed by atoms with Gasteiger partial charge in [-0.2, -0.15) is 0 Å². The molecule has 0 saturated heterocycles. The predicted molar refractivity (Wildman–Crippen MR) is 249 cm³/mol. The van der Waals surface area contributed by atoms with Crippen molar-refractivity contribution in [3.63, 3.8) is 0 Å². The lowest BCUT2D eigenvalue weighted by Gasteiger charge is -2.29. The molecule has 11 aromatic rings. The number of benzene rings is 8. The quantitative estimate of drug-likeness (QED) is 0.168. The van der Waals surface area contributed by atoms with E-state index in [1.165, 1.54) is 42.4 Å². The van der Waals surface area contributed by atoms with Crippen LogP contribution in [0.15, 0.2) is 186 Å². The summed E-state index contributed by atoms with van der Waals surface area (Å²) in [6, 6.07) is 64.2. The van der Waals surface area contributed by atoms with Crippen molar-refractivity contribution in [2.24, 2.45) is 0 Å². The monoisotopic (exact) mass is 788 g/mol. The lowest BCUT2D eigenvalue weighted by Crippen LogP contribution is -2.16. The van der Waals surface area contributed by atoms with E-state index < -0.39 is 0 Å². The molecule has 1 aliphatic rings. The van der Waals surface area contributed by atoms with Crippen molar-refractivity contribution in [2.75, 3.05) is 4.90 Å². The van der Waals surface area contributed by atoms with Crippen molar-refractivity contribution in [2.45, 2.75) is 19.3 Å². The third-order valence-electron chi connectivity index (χ3n) is 12.1. The van der Waals surface area contributed by atoms with E-state index >= 15 is 0 Å². The maximum atomic E-state index is 6.46. The van der Waals surface area contributed by atoms with Gasteiger partial charge in [0.25, 0.3) is 0 Å². The van der Waals surface area contributed by atoms with Gasteiger partial charge in [0.05, 0.1) is 5.69 Å². The molecule has 1 aliphatic carbocycles. The van der Waals surface area contributed by atoms with Crippen LogP contribution in [0, 0.1) is 0 Å². The van der Waals surface area contributed by atoms with Crippen molar-refractivity contribution < 1.29 is 4.42 Å². The van der Waals surface area contributed by atoms with Crippen LogP contribution in [0.25, 0.3) is 87.4 Å². The SMILES string of the molecule is CC1(C)c2ccccc2-c2c(N(c3ccc(-c4nc(-c5ccccc5)nc(-c5ccc6c(c5)sc5ccccc56)n4)cc3)c3ccc4c(c3)oc3ccccc34)cccc21. The van der Waals surface area contributed by atoms with Gasteiger partial charge in [-0.05, 0) is 77.4 Å². The summed E-state index contributed by atoms with van der Waals surface area (Å²) in [7, 11) is 0. The zero-order valence-corrected chi connectivity index (χ0v) is 33.7. The topological polar surface area (TPSA) is 55.1 Å². The van der Waals surface area contributed by atoms with Crippen molar-refractivity contribution in [3.8, 4) is 45.3 Å². The molecule has 0 unspecified atom stereocenters. The highest BCUT2D eigenvalue weighted by Gasteiger charge is 2.37. The normalized spacial score (nSPS) is 13.0. The Morgan fingerprint density at radius 1 is 0.450 bits per heavy atom. The summed E-state index contributed by atoms with van der Waals surface area (Å²) in [4.78, 5) is 17.7. The van der Waals surface area contributed by atoms with Crippen LogP contribution in [0.1, 0.15) is 25.0 Å². The molecule has 5 nitrogen and oxygen atoms in total. The molecule has 0 bridgehead atoms. The van der Waals surface area contributed by atoms with Crippen molar-refractivity contribution in [1.29, 1.82) is 0 Å². The Kier molecular flexibility index (Phi) is 7.68. The van der Waals surface area contributed by atoms with Crippen LogP contribution in [-0.2, 0) is 5.41 Å². The van der Waals surface area contributed by atoms with Crippen LogP contribution >= 0.6 is 11.3 Å². The average Bonchev–Trinajstić information content (AvgIpc) is 3.94. The standard InChI is InChI=1S/C54H36N4OS/c1-54(2)43-18-9-6-17-42(43)50-44(54)19-12-20-45(50)58(37-28-30-39-38-15-7-10-21-46(38)59-47(39)32-37)36-26-23-34(24-27-36)52-55-51(33-13-4-3-5-14-33)56-53(57-52)35-25-29-41-40-16-8-11-22-48(40)60-49(41)31-35/h3-32H,1-2H3. The van der Waals surface area contributed by atoms with Gasteiger partial charge in [0.15, 0.2) is 17.5 Å². The second-order valence-corrected chi connectivity index (χ2v) is 17.1. The van der Waals surface area contributed by atoms with Gasteiger partial charge in [-0.15, -0.1) is 11.3 Å². The first-order valence-corrected chi connectivity index (χ1v) is 21.1. The summed E-state index contributed by atoms with van der Waals surface area (Å²) in [6.45, 7) is 4.66. The van der Waals surface area contributed by atoms with Crippen molar-refractivity contribution in [3.05, 3.63) is 193 Å². The first-order chi connectivity index (χ1) is 29.5. The first-order valence-electron chi connectivity index (χ1n) is 20.3. The molecule has 284 valence electrons. The Labute approximate surface area is 350 Å². The second kappa shape index (κ2) is 13.3. The van der Waals surface area contributed by atoms with E-state index in [1.807, 2.05) is 30.3 Å². The molecule has 0 amide bonds. The minimum absolute atomic E-state index is 0.144. The molecular formula is C54H36N4OS. The Balaban J connectivity index is 1.01. The molecule has 0 spiro atoms. The van der Waals surface area contributed by atoms with E-state index in [0.29, 0.717) is 17.5 Å². The number of rotatable bonds is 6. The summed E-state index contributed by atoms with van der Waals surface area (Å²) in [5.74, 6) is 1.90. The van der Waals surface area contributed by atoms with Crippen LogP contribution in [0.4, 0.5) is 17.1 Å². The zero-order chi connectivity index (χ0) is 40.0. The van der Waals surface area contributed by atoms with Gasteiger partial charge in [-0.25, -0.2) is 15.0 Å². The molecule has 60 heavy (non-hydrogen) atoms. The number of aromatic nitrogens is 3. The third-order valence-corrected chi connectivity index (χ3v) is 13.3. The number of fused-ring (bicyclic) bond motifs is 9. The van der Waals surface area contributed by atoms with Crippen LogP contribution in [0.2, 0.25) is 0 Å². The van der Waals surface area contributed by atoms with Gasteiger partial charge in [-0.1, -0.05) is 129 Å². The van der Waals surface area contributed by atoms with E-state index in [9.17, 15) is 0 Å². The predicted octanol–water partition coefficient (Wildman–Crippen LogP) is 14.9. The van der Waals surface area contributed by atoms with Gasteiger partial charge in [0.1, 0.15) is 11.2 Å². The van der Waals surface area contributed by atoms with E-state index in [2.05, 4.69) is 170 Å². The fourth-order valence-electron chi connectivity index (χ4n) is 9.18. The second-order valence-electron chi connectivity index (χ2n) is 16.0. The Morgan fingerprint density at radius 3 is 1.88 bits per heavy atom. The Bertz CT molecular complexity index is 3480. The summed E-state index contributed by atoms with van der Waals surface area (Å²) < 4.78 is 8.94. The summed E-state index contributed by atoms with van der Waals surface area (Å²) in [5.41, 5.74) is 12.7. The number of para-hydroxylation sites is 1. The van der Waals surface area contributed by atoms with Gasteiger partial charge in [0, 0.05) is 76.1 Å². The molecule has 3 heterocycles. The molecule has 0 radical (unpaired) electrons. The third kappa shape index (κ3) is 5.41. The summed E-state index contributed by atoms with van der Waals surface area (Å²) in [6.07, 6.45) is 0. The molecule has 0 saturated carbocycles. The highest BCUT2D eigenvalue weighted by Crippen LogP contribution is 2.54. The fraction of sp³-hybridized carbons (Fsp3) is 0.0556. The molecular weight excluding hydrogens is 753 g/mol. The van der Waals surface area contributed by atoms with Crippen LogP contribution in [0.5, 0.6) is 0 Å². The average molecular weight is 789 g/mol. The van der Waals surface area contributed by atoms with Crippen LogP contribution < -0.4 is 4.90 Å². The smallest absolute Gasteiger partial charge is 0.164 e. The number of thiophene rings is 1. The number of anilines is 3. The number of nitrogens with zero attached hydrogens (tertiary/aromatic N) is 4. The lowest BCUT2D eigenvalue weighted by atomic mass is 9.82.